The molecule has 0 saturated heterocycles. The van der Waals surface area contributed by atoms with Crippen molar-refractivity contribution in [2.24, 2.45) is 0 Å². The third-order valence-corrected chi connectivity index (χ3v) is 5.49. The van der Waals surface area contributed by atoms with E-state index in [1.54, 1.807) is 22.8 Å². The molecule has 0 radical (unpaired) electrons. The molecule has 1 aromatic heterocycles. The van der Waals surface area contributed by atoms with Gasteiger partial charge < -0.3 is 0 Å². The number of hydrogen-bond acceptors (Lipinski definition) is 3. The van der Waals surface area contributed by atoms with E-state index in [1.165, 1.54) is 38.4 Å². The lowest BCUT2D eigenvalue weighted by molar-refractivity contribution is 0.521. The maximum absolute atomic E-state index is 13.5. The van der Waals surface area contributed by atoms with Crippen LogP contribution >= 0.6 is 0 Å². The van der Waals surface area contributed by atoms with Gasteiger partial charge in [0.2, 0.25) is 10.0 Å². The first-order chi connectivity index (χ1) is 10.8. The van der Waals surface area contributed by atoms with Gasteiger partial charge in [0.05, 0.1) is 15.9 Å². The number of rotatable bonds is 3. The number of imidazole rings is 1. The molecule has 0 fully saturated rings. The molecule has 1 heterocycles. The SMILES string of the molecule is Cc1nc2ccc(F)cc2n1-c1ccc(S(=O)(=O)N(C)C)cc1. The Balaban J connectivity index is 2.14. The number of sulfonamides is 1. The zero-order valence-corrected chi connectivity index (χ0v) is 13.8. The van der Waals surface area contributed by atoms with Crippen molar-refractivity contribution in [2.45, 2.75) is 11.8 Å². The lowest BCUT2D eigenvalue weighted by Gasteiger charge is -2.12. The number of aryl methyl sites for hydroxylation is 1. The first-order valence-corrected chi connectivity index (χ1v) is 8.42. The second-order valence-electron chi connectivity index (χ2n) is 5.41. The molecule has 7 heteroatoms. The van der Waals surface area contributed by atoms with E-state index in [-0.39, 0.29) is 10.7 Å². The predicted molar refractivity (Wildman–Crippen MR) is 86.6 cm³/mol. The fourth-order valence-electron chi connectivity index (χ4n) is 2.47. The van der Waals surface area contributed by atoms with Gasteiger partial charge in [-0.2, -0.15) is 0 Å². The predicted octanol–water partition coefficient (Wildman–Crippen LogP) is 2.72. The maximum Gasteiger partial charge on any atom is 0.242 e. The molecule has 3 rings (SSSR count). The van der Waals surface area contributed by atoms with Gasteiger partial charge in [0, 0.05) is 25.8 Å². The highest BCUT2D eigenvalue weighted by molar-refractivity contribution is 7.89. The van der Waals surface area contributed by atoms with Crippen LogP contribution < -0.4 is 0 Å². The molecule has 3 aromatic rings. The Labute approximate surface area is 134 Å². The molecule has 2 aromatic carbocycles. The second-order valence-corrected chi connectivity index (χ2v) is 7.56. The van der Waals surface area contributed by atoms with Crippen LogP contribution in [-0.2, 0) is 10.0 Å². The van der Waals surface area contributed by atoms with Crippen LogP contribution in [0, 0.1) is 12.7 Å². The van der Waals surface area contributed by atoms with Crippen molar-refractivity contribution in [1.82, 2.24) is 13.9 Å². The van der Waals surface area contributed by atoms with E-state index in [9.17, 15) is 12.8 Å². The highest BCUT2D eigenvalue weighted by Crippen LogP contribution is 2.23. The molecule has 120 valence electrons. The molecular weight excluding hydrogens is 317 g/mol. The summed E-state index contributed by atoms with van der Waals surface area (Å²) in [6, 6.07) is 10.9. The molecule has 0 saturated carbocycles. The number of halogens is 1. The van der Waals surface area contributed by atoms with Crippen LogP contribution in [0.4, 0.5) is 4.39 Å². The van der Waals surface area contributed by atoms with Crippen molar-refractivity contribution in [3.63, 3.8) is 0 Å². The van der Waals surface area contributed by atoms with Crippen molar-refractivity contribution in [1.29, 1.82) is 0 Å². The molecule has 0 spiro atoms. The summed E-state index contributed by atoms with van der Waals surface area (Å²) in [5.41, 5.74) is 2.06. The van der Waals surface area contributed by atoms with Crippen molar-refractivity contribution in [2.75, 3.05) is 14.1 Å². The van der Waals surface area contributed by atoms with Gasteiger partial charge in [0.15, 0.2) is 0 Å². The largest absolute Gasteiger partial charge is 0.296 e. The van der Waals surface area contributed by atoms with E-state index in [4.69, 9.17) is 0 Å². The Hall–Kier alpha value is -2.25. The smallest absolute Gasteiger partial charge is 0.242 e. The van der Waals surface area contributed by atoms with E-state index in [1.807, 2.05) is 6.92 Å². The zero-order valence-electron chi connectivity index (χ0n) is 13.0. The summed E-state index contributed by atoms with van der Waals surface area (Å²) in [5.74, 6) is 0.360. The monoisotopic (exact) mass is 333 g/mol. The standard InChI is InChI=1S/C16H16FN3O2S/c1-11-18-15-9-4-12(17)10-16(15)20(11)13-5-7-14(8-6-13)23(21,22)19(2)3/h4-10H,1-3H3. The topological polar surface area (TPSA) is 55.2 Å². The van der Waals surface area contributed by atoms with Crippen molar-refractivity contribution >= 4 is 21.1 Å². The summed E-state index contributed by atoms with van der Waals surface area (Å²) in [6.45, 7) is 1.82. The summed E-state index contributed by atoms with van der Waals surface area (Å²) < 4.78 is 40.7. The minimum atomic E-state index is -3.47. The summed E-state index contributed by atoms with van der Waals surface area (Å²) in [5, 5.41) is 0. The molecule has 0 aliphatic carbocycles. The van der Waals surface area contributed by atoms with Crippen molar-refractivity contribution in [3.8, 4) is 5.69 Å². The van der Waals surface area contributed by atoms with Crippen LogP contribution in [-0.4, -0.2) is 36.4 Å². The molecular formula is C16H16FN3O2S. The molecule has 0 N–H and O–H groups in total. The Kier molecular flexibility index (Phi) is 3.69. The molecule has 0 amide bonds. The average Bonchev–Trinajstić information content (AvgIpc) is 2.82. The Morgan fingerprint density at radius 1 is 1.09 bits per heavy atom. The first kappa shape index (κ1) is 15.6. The van der Waals surface area contributed by atoms with Crippen LogP contribution in [0.25, 0.3) is 16.7 Å². The lowest BCUT2D eigenvalue weighted by atomic mass is 10.2. The van der Waals surface area contributed by atoms with E-state index in [2.05, 4.69) is 4.98 Å². The van der Waals surface area contributed by atoms with Gasteiger partial charge in [-0.3, -0.25) is 4.57 Å². The second kappa shape index (κ2) is 5.43. The summed E-state index contributed by atoms with van der Waals surface area (Å²) in [4.78, 5) is 4.61. The van der Waals surface area contributed by atoms with Crippen LogP contribution in [0.15, 0.2) is 47.4 Å². The Morgan fingerprint density at radius 2 is 1.74 bits per heavy atom. The first-order valence-electron chi connectivity index (χ1n) is 6.98. The molecule has 0 aliphatic heterocycles. The third kappa shape index (κ3) is 2.62. The van der Waals surface area contributed by atoms with Gasteiger partial charge >= 0.3 is 0 Å². The fourth-order valence-corrected chi connectivity index (χ4v) is 3.37. The summed E-state index contributed by atoms with van der Waals surface area (Å²) >= 11 is 0. The highest BCUT2D eigenvalue weighted by atomic mass is 32.2. The van der Waals surface area contributed by atoms with E-state index in [0.717, 1.165) is 9.99 Å². The highest BCUT2D eigenvalue weighted by Gasteiger charge is 2.17. The number of hydrogen-bond donors (Lipinski definition) is 0. The van der Waals surface area contributed by atoms with Gasteiger partial charge in [-0.15, -0.1) is 0 Å². The molecule has 0 bridgehead atoms. The maximum atomic E-state index is 13.5. The van der Waals surface area contributed by atoms with E-state index in [0.29, 0.717) is 16.9 Å². The van der Waals surface area contributed by atoms with Crippen LogP contribution in [0.1, 0.15) is 5.82 Å². The van der Waals surface area contributed by atoms with E-state index < -0.39 is 10.0 Å². The van der Waals surface area contributed by atoms with Crippen LogP contribution in [0.3, 0.4) is 0 Å². The van der Waals surface area contributed by atoms with Gasteiger partial charge in [-0.05, 0) is 43.3 Å². The minimum absolute atomic E-state index is 0.208. The fraction of sp³-hybridized carbons (Fsp3) is 0.188. The number of nitrogens with zero attached hydrogens (tertiary/aromatic N) is 3. The number of aromatic nitrogens is 2. The molecule has 5 nitrogen and oxygen atoms in total. The molecule has 0 atom stereocenters. The molecule has 0 unspecified atom stereocenters. The zero-order chi connectivity index (χ0) is 16.8. The van der Waals surface area contributed by atoms with Crippen molar-refractivity contribution in [3.05, 3.63) is 54.1 Å². The van der Waals surface area contributed by atoms with Gasteiger partial charge in [0.25, 0.3) is 0 Å². The lowest BCUT2D eigenvalue weighted by Crippen LogP contribution is -2.22. The molecule has 0 aliphatic rings. The van der Waals surface area contributed by atoms with Crippen LogP contribution in [0.2, 0.25) is 0 Å². The number of fused-ring (bicyclic) bond motifs is 1. The van der Waals surface area contributed by atoms with Gasteiger partial charge in [-0.25, -0.2) is 22.1 Å². The average molecular weight is 333 g/mol. The molecule has 23 heavy (non-hydrogen) atoms. The van der Waals surface area contributed by atoms with Crippen LogP contribution in [0.5, 0.6) is 0 Å². The summed E-state index contributed by atoms with van der Waals surface area (Å²) in [7, 11) is -0.502. The van der Waals surface area contributed by atoms with Gasteiger partial charge in [-0.1, -0.05) is 0 Å². The van der Waals surface area contributed by atoms with E-state index >= 15 is 0 Å². The van der Waals surface area contributed by atoms with Crippen molar-refractivity contribution < 1.29 is 12.8 Å². The number of benzene rings is 2. The van der Waals surface area contributed by atoms with Gasteiger partial charge in [0.1, 0.15) is 11.6 Å². The quantitative estimate of drug-likeness (QED) is 0.740. The summed E-state index contributed by atoms with van der Waals surface area (Å²) in [6.07, 6.45) is 0. The normalized spacial score (nSPS) is 12.2. The Morgan fingerprint density at radius 3 is 2.35 bits per heavy atom. The Bertz CT molecular complexity index is 976. The third-order valence-electron chi connectivity index (χ3n) is 3.66. The minimum Gasteiger partial charge on any atom is -0.296 e.